The number of allylic oxidation sites excluding steroid dienone is 2. The van der Waals surface area contributed by atoms with Crippen molar-refractivity contribution in [2.24, 2.45) is 17.3 Å². The van der Waals surface area contributed by atoms with Crippen molar-refractivity contribution < 1.29 is 0 Å². The molecule has 0 radical (unpaired) electrons. The average Bonchev–Trinajstić information content (AvgIpc) is 2.49. The zero-order chi connectivity index (χ0) is 11.5. The lowest BCUT2D eigenvalue weighted by atomic mass is 9.89. The van der Waals surface area contributed by atoms with Crippen LogP contribution in [-0.2, 0) is 0 Å². The lowest BCUT2D eigenvalue weighted by Crippen LogP contribution is -2.06. The second-order valence-corrected chi connectivity index (χ2v) is 5.92. The Morgan fingerprint density at radius 2 is 2.13 bits per heavy atom. The maximum absolute atomic E-state index is 5.74. The van der Waals surface area contributed by atoms with Gasteiger partial charge in [0.05, 0.1) is 0 Å². The van der Waals surface area contributed by atoms with Gasteiger partial charge in [0.15, 0.2) is 0 Å². The van der Waals surface area contributed by atoms with Crippen LogP contribution in [0.5, 0.6) is 0 Å². The van der Waals surface area contributed by atoms with Crippen molar-refractivity contribution in [3.8, 4) is 0 Å². The van der Waals surface area contributed by atoms with Gasteiger partial charge in [-0.1, -0.05) is 32.1 Å². The molecule has 86 valence electrons. The van der Waals surface area contributed by atoms with E-state index in [0.29, 0.717) is 17.2 Å². The van der Waals surface area contributed by atoms with Gasteiger partial charge in [-0.2, -0.15) is 0 Å². The summed E-state index contributed by atoms with van der Waals surface area (Å²) in [5.74, 6) is 2.09. The van der Waals surface area contributed by atoms with E-state index in [4.69, 9.17) is 11.6 Å². The summed E-state index contributed by atoms with van der Waals surface area (Å²) in [6.45, 7) is 12.6. The first-order valence-corrected chi connectivity index (χ1v) is 6.37. The third-order valence-corrected chi connectivity index (χ3v) is 3.95. The summed E-state index contributed by atoms with van der Waals surface area (Å²) >= 11 is 5.74. The number of hydrogen-bond donors (Lipinski definition) is 0. The van der Waals surface area contributed by atoms with E-state index in [1.54, 1.807) is 0 Å². The van der Waals surface area contributed by atoms with Crippen molar-refractivity contribution in [1.29, 1.82) is 0 Å². The van der Waals surface area contributed by atoms with Crippen molar-refractivity contribution >= 4 is 11.6 Å². The summed E-state index contributed by atoms with van der Waals surface area (Å²) in [5.41, 5.74) is 1.66. The Labute approximate surface area is 99.4 Å². The van der Waals surface area contributed by atoms with E-state index in [1.807, 2.05) is 0 Å². The van der Waals surface area contributed by atoms with Crippen molar-refractivity contribution in [2.45, 2.75) is 39.5 Å². The molecule has 15 heavy (non-hydrogen) atoms. The van der Waals surface area contributed by atoms with Gasteiger partial charge in [-0.05, 0) is 42.9 Å². The summed E-state index contributed by atoms with van der Waals surface area (Å²) < 4.78 is 0. The Morgan fingerprint density at radius 1 is 1.47 bits per heavy atom. The molecule has 0 spiro atoms. The van der Waals surface area contributed by atoms with E-state index in [1.165, 1.54) is 24.8 Å². The number of halogens is 1. The molecule has 0 aromatic carbocycles. The highest BCUT2D eigenvalue weighted by Gasteiger charge is 2.36. The van der Waals surface area contributed by atoms with Gasteiger partial charge >= 0.3 is 0 Å². The first-order chi connectivity index (χ1) is 6.98. The molecule has 0 heterocycles. The molecular weight excluding hydrogens is 204 g/mol. The third kappa shape index (κ3) is 3.68. The highest BCUT2D eigenvalue weighted by atomic mass is 35.5. The van der Waals surface area contributed by atoms with Gasteiger partial charge < -0.3 is 0 Å². The monoisotopic (exact) mass is 226 g/mol. The summed E-state index contributed by atoms with van der Waals surface area (Å²) in [6, 6.07) is 0. The molecule has 0 amide bonds. The minimum absolute atomic E-state index is 0.492. The van der Waals surface area contributed by atoms with Gasteiger partial charge in [-0.3, -0.25) is 0 Å². The van der Waals surface area contributed by atoms with Gasteiger partial charge in [0.25, 0.3) is 0 Å². The van der Waals surface area contributed by atoms with E-state index < -0.39 is 0 Å². The molecule has 1 aliphatic carbocycles. The van der Waals surface area contributed by atoms with E-state index in [-0.39, 0.29) is 0 Å². The van der Waals surface area contributed by atoms with Crippen LogP contribution in [-0.4, -0.2) is 5.88 Å². The largest absolute Gasteiger partial charge is 0.122 e. The Hall–Kier alpha value is -0.230. The first kappa shape index (κ1) is 12.8. The van der Waals surface area contributed by atoms with Gasteiger partial charge in [-0.15, -0.1) is 18.2 Å². The molecule has 1 aliphatic rings. The van der Waals surface area contributed by atoms with Crippen LogP contribution in [0.1, 0.15) is 39.5 Å². The molecule has 1 heteroatoms. The molecule has 0 saturated heterocycles. The fraction of sp³-hybridized carbons (Fsp3) is 0.714. The summed E-state index contributed by atoms with van der Waals surface area (Å²) in [7, 11) is 0. The van der Waals surface area contributed by atoms with Crippen molar-refractivity contribution in [3.63, 3.8) is 0 Å². The third-order valence-electron chi connectivity index (χ3n) is 3.57. The van der Waals surface area contributed by atoms with Crippen molar-refractivity contribution in [3.05, 3.63) is 24.8 Å². The van der Waals surface area contributed by atoms with E-state index in [9.17, 15) is 0 Å². The molecule has 0 aromatic rings. The lowest BCUT2D eigenvalue weighted by Gasteiger charge is -2.17. The zero-order valence-electron chi connectivity index (χ0n) is 10.1. The van der Waals surface area contributed by atoms with Crippen LogP contribution in [0.15, 0.2) is 24.8 Å². The molecule has 0 nitrogen and oxygen atoms in total. The molecule has 0 bridgehead atoms. The van der Waals surface area contributed by atoms with Crippen LogP contribution in [0.4, 0.5) is 0 Å². The standard InChI is InChI=1S/C14H23Cl/c1-5-12-8-14(3,4)9-13(12)7-6-11(2)10-15/h5,12-13H,1-2,6-10H2,3-4H3/t12-,13-/m0/s1. The SMILES string of the molecule is C=C[C@H]1CC(C)(C)C[C@@H]1CCC(=C)CCl. The van der Waals surface area contributed by atoms with Gasteiger partial charge in [0.2, 0.25) is 0 Å². The molecule has 0 aliphatic heterocycles. The van der Waals surface area contributed by atoms with E-state index in [2.05, 4.69) is 33.1 Å². The fourth-order valence-electron chi connectivity index (χ4n) is 2.80. The molecule has 1 rings (SSSR count). The summed E-state index contributed by atoms with van der Waals surface area (Å²) in [6.07, 6.45) is 7.05. The van der Waals surface area contributed by atoms with Gasteiger partial charge in [0, 0.05) is 5.88 Å². The molecule has 0 aromatic heterocycles. The topological polar surface area (TPSA) is 0 Å². The fourth-order valence-corrected chi connectivity index (χ4v) is 2.93. The predicted molar refractivity (Wildman–Crippen MR) is 69.3 cm³/mol. The van der Waals surface area contributed by atoms with E-state index in [0.717, 1.165) is 12.3 Å². The molecule has 1 saturated carbocycles. The van der Waals surface area contributed by atoms with Crippen LogP contribution in [0.25, 0.3) is 0 Å². The Bertz CT molecular complexity index is 240. The second kappa shape index (κ2) is 5.21. The number of alkyl halides is 1. The highest BCUT2D eigenvalue weighted by Crippen LogP contribution is 2.47. The molecule has 1 fully saturated rings. The lowest BCUT2D eigenvalue weighted by molar-refractivity contribution is 0.354. The highest BCUT2D eigenvalue weighted by molar-refractivity contribution is 6.19. The summed E-state index contributed by atoms with van der Waals surface area (Å²) in [5, 5.41) is 0. The number of rotatable bonds is 5. The molecular formula is C14H23Cl. The first-order valence-electron chi connectivity index (χ1n) is 5.83. The summed E-state index contributed by atoms with van der Waals surface area (Å²) in [4.78, 5) is 0. The van der Waals surface area contributed by atoms with Gasteiger partial charge in [-0.25, -0.2) is 0 Å². The molecule has 0 unspecified atom stereocenters. The minimum Gasteiger partial charge on any atom is -0.122 e. The quantitative estimate of drug-likeness (QED) is 0.467. The Kier molecular flexibility index (Phi) is 4.45. The van der Waals surface area contributed by atoms with Crippen LogP contribution >= 0.6 is 11.6 Å². The minimum atomic E-state index is 0.492. The maximum Gasteiger partial charge on any atom is 0.0430 e. The van der Waals surface area contributed by atoms with Crippen LogP contribution in [0, 0.1) is 17.3 Å². The Morgan fingerprint density at radius 3 is 2.67 bits per heavy atom. The second-order valence-electron chi connectivity index (χ2n) is 5.65. The van der Waals surface area contributed by atoms with Crippen molar-refractivity contribution in [2.75, 3.05) is 5.88 Å². The van der Waals surface area contributed by atoms with Gasteiger partial charge in [0.1, 0.15) is 0 Å². The normalized spacial score (nSPS) is 29.0. The Balaban J connectivity index is 2.47. The van der Waals surface area contributed by atoms with Crippen LogP contribution in [0.3, 0.4) is 0 Å². The van der Waals surface area contributed by atoms with Crippen LogP contribution in [0.2, 0.25) is 0 Å². The van der Waals surface area contributed by atoms with Crippen molar-refractivity contribution in [1.82, 2.24) is 0 Å². The predicted octanol–water partition coefficient (Wildman–Crippen LogP) is 4.80. The van der Waals surface area contributed by atoms with E-state index >= 15 is 0 Å². The molecule has 0 N–H and O–H groups in total. The average molecular weight is 227 g/mol. The molecule has 2 atom stereocenters. The van der Waals surface area contributed by atoms with Crippen LogP contribution < -0.4 is 0 Å². The number of hydrogen-bond acceptors (Lipinski definition) is 0. The zero-order valence-corrected chi connectivity index (χ0v) is 10.8. The maximum atomic E-state index is 5.74. The smallest absolute Gasteiger partial charge is 0.0430 e.